The van der Waals surface area contributed by atoms with Crippen LogP contribution in [0.1, 0.15) is 11.1 Å². The number of aryl methyl sites for hydroxylation is 1. The fraction of sp³-hybridized carbons (Fsp3) is 0.188. The van der Waals surface area contributed by atoms with Crippen molar-refractivity contribution in [3.63, 3.8) is 0 Å². The van der Waals surface area contributed by atoms with Crippen LogP contribution in [0.2, 0.25) is 0 Å². The Hall–Kier alpha value is -1.94. The second-order valence-corrected chi connectivity index (χ2v) is 6.18. The third-order valence-corrected chi connectivity index (χ3v) is 4.21. The second-order valence-electron chi connectivity index (χ2n) is 4.72. The largest absolute Gasteiger partial charge is 0.369 e. The summed E-state index contributed by atoms with van der Waals surface area (Å²) in [5, 5.41) is 0. The van der Waals surface area contributed by atoms with Gasteiger partial charge in [0.2, 0.25) is 5.91 Å². The lowest BCUT2D eigenvalue weighted by molar-refractivity contribution is -0.115. The number of amides is 1. The fourth-order valence-electron chi connectivity index (χ4n) is 2.12. The van der Waals surface area contributed by atoms with Gasteiger partial charge in [0.1, 0.15) is 5.75 Å². The molecule has 3 nitrogen and oxygen atoms in total. The van der Waals surface area contributed by atoms with Gasteiger partial charge in [-0.2, -0.15) is 0 Å². The SMILES string of the molecule is Cc1cccc(-c2ccccc2C[S@](=O)CC(N)=O)c1. The van der Waals surface area contributed by atoms with Gasteiger partial charge in [-0.05, 0) is 23.6 Å². The third kappa shape index (κ3) is 3.78. The number of hydrogen-bond donors (Lipinski definition) is 1. The van der Waals surface area contributed by atoms with Crippen molar-refractivity contribution in [1.29, 1.82) is 0 Å². The van der Waals surface area contributed by atoms with Crippen LogP contribution in [0.4, 0.5) is 0 Å². The highest BCUT2D eigenvalue weighted by molar-refractivity contribution is 7.84. The van der Waals surface area contributed by atoms with E-state index < -0.39 is 16.7 Å². The van der Waals surface area contributed by atoms with Gasteiger partial charge in [0.15, 0.2) is 0 Å². The monoisotopic (exact) mass is 287 g/mol. The van der Waals surface area contributed by atoms with E-state index in [1.54, 1.807) is 0 Å². The van der Waals surface area contributed by atoms with E-state index in [0.29, 0.717) is 5.75 Å². The molecule has 0 unspecified atom stereocenters. The topological polar surface area (TPSA) is 60.2 Å². The molecule has 0 bridgehead atoms. The number of carbonyl (C=O) groups is 1. The second kappa shape index (κ2) is 6.48. The smallest absolute Gasteiger partial charge is 0.230 e. The highest BCUT2D eigenvalue weighted by Crippen LogP contribution is 2.25. The standard InChI is InChI=1S/C16H17NO2S/c1-12-5-4-7-13(9-12)15-8-3-2-6-14(15)10-20(19)11-16(17)18/h2-9H,10-11H2,1H3,(H2,17,18)/t20-/m0/s1. The fourth-order valence-corrected chi connectivity index (χ4v) is 3.14. The lowest BCUT2D eigenvalue weighted by atomic mass is 9.99. The molecule has 2 aromatic carbocycles. The van der Waals surface area contributed by atoms with Gasteiger partial charge in [-0.3, -0.25) is 9.00 Å². The maximum Gasteiger partial charge on any atom is 0.230 e. The molecule has 0 radical (unpaired) electrons. The minimum absolute atomic E-state index is 0.0951. The van der Waals surface area contributed by atoms with Crippen molar-refractivity contribution < 1.29 is 9.00 Å². The first-order valence-corrected chi connectivity index (χ1v) is 7.83. The first kappa shape index (κ1) is 14.5. The first-order chi connectivity index (χ1) is 9.56. The van der Waals surface area contributed by atoms with E-state index in [9.17, 15) is 9.00 Å². The first-order valence-electron chi connectivity index (χ1n) is 6.34. The predicted octanol–water partition coefficient (Wildman–Crippen LogP) is 2.40. The summed E-state index contributed by atoms with van der Waals surface area (Å²) < 4.78 is 11.9. The van der Waals surface area contributed by atoms with E-state index >= 15 is 0 Å². The van der Waals surface area contributed by atoms with Gasteiger partial charge in [-0.1, -0.05) is 54.1 Å². The van der Waals surface area contributed by atoms with E-state index in [4.69, 9.17) is 5.73 Å². The minimum Gasteiger partial charge on any atom is -0.369 e. The Morgan fingerprint density at radius 2 is 1.90 bits per heavy atom. The van der Waals surface area contributed by atoms with E-state index in [2.05, 4.69) is 6.07 Å². The van der Waals surface area contributed by atoms with Crippen LogP contribution in [0.25, 0.3) is 11.1 Å². The number of benzene rings is 2. The van der Waals surface area contributed by atoms with Crippen LogP contribution in [0.15, 0.2) is 48.5 Å². The summed E-state index contributed by atoms with van der Waals surface area (Å²) in [6, 6.07) is 16.0. The molecule has 4 heteroatoms. The molecule has 0 aliphatic carbocycles. The minimum atomic E-state index is -1.27. The number of primary amides is 1. The van der Waals surface area contributed by atoms with Gasteiger partial charge >= 0.3 is 0 Å². The highest BCUT2D eigenvalue weighted by Gasteiger charge is 2.10. The highest BCUT2D eigenvalue weighted by atomic mass is 32.2. The molecule has 0 aromatic heterocycles. The van der Waals surface area contributed by atoms with Crippen LogP contribution < -0.4 is 5.73 Å². The predicted molar refractivity (Wildman–Crippen MR) is 82.5 cm³/mol. The lowest BCUT2D eigenvalue weighted by Crippen LogP contribution is -2.20. The zero-order chi connectivity index (χ0) is 14.5. The molecule has 1 atom stereocenters. The van der Waals surface area contributed by atoms with Crippen molar-refractivity contribution in [2.45, 2.75) is 12.7 Å². The molecule has 20 heavy (non-hydrogen) atoms. The Kier molecular flexibility index (Phi) is 4.69. The zero-order valence-corrected chi connectivity index (χ0v) is 12.2. The van der Waals surface area contributed by atoms with Gasteiger partial charge in [0, 0.05) is 16.6 Å². The van der Waals surface area contributed by atoms with Crippen LogP contribution in [0, 0.1) is 6.92 Å². The van der Waals surface area contributed by atoms with Crippen LogP contribution >= 0.6 is 0 Å². The summed E-state index contributed by atoms with van der Waals surface area (Å²) in [4.78, 5) is 10.8. The van der Waals surface area contributed by atoms with Gasteiger partial charge in [-0.15, -0.1) is 0 Å². The Balaban J connectivity index is 2.31. The summed E-state index contributed by atoms with van der Waals surface area (Å²) in [5.41, 5.74) is 9.37. The summed E-state index contributed by atoms with van der Waals surface area (Å²) in [5.74, 6) is -0.286. The molecule has 2 rings (SSSR count). The van der Waals surface area contributed by atoms with Crippen LogP contribution in [0.5, 0.6) is 0 Å². The van der Waals surface area contributed by atoms with Crippen molar-refractivity contribution >= 4 is 16.7 Å². The molecule has 0 aliphatic heterocycles. The summed E-state index contributed by atoms with van der Waals surface area (Å²) in [6.45, 7) is 2.04. The summed E-state index contributed by atoms with van der Waals surface area (Å²) in [6.07, 6.45) is 0. The van der Waals surface area contributed by atoms with Crippen molar-refractivity contribution in [1.82, 2.24) is 0 Å². The Morgan fingerprint density at radius 3 is 2.60 bits per heavy atom. The molecule has 0 spiro atoms. The average Bonchev–Trinajstić information content (AvgIpc) is 2.38. The van der Waals surface area contributed by atoms with Gasteiger partial charge in [0.05, 0.1) is 0 Å². The molecule has 1 amide bonds. The molecule has 2 aromatic rings. The molecule has 0 aliphatic rings. The van der Waals surface area contributed by atoms with Gasteiger partial charge in [-0.25, -0.2) is 0 Å². The van der Waals surface area contributed by atoms with Gasteiger partial charge < -0.3 is 5.73 Å². The molecular formula is C16H17NO2S. The molecule has 104 valence electrons. The van der Waals surface area contributed by atoms with Gasteiger partial charge in [0.25, 0.3) is 0 Å². The molecule has 0 saturated heterocycles. The van der Waals surface area contributed by atoms with Crippen molar-refractivity contribution in [3.8, 4) is 11.1 Å². The van der Waals surface area contributed by atoms with E-state index in [1.165, 1.54) is 5.56 Å². The summed E-state index contributed by atoms with van der Waals surface area (Å²) in [7, 11) is -1.27. The third-order valence-electron chi connectivity index (χ3n) is 2.97. The number of rotatable bonds is 5. The number of nitrogens with two attached hydrogens (primary N) is 1. The van der Waals surface area contributed by atoms with Crippen molar-refractivity contribution in [3.05, 3.63) is 59.7 Å². The lowest BCUT2D eigenvalue weighted by Gasteiger charge is -2.10. The summed E-state index contributed by atoms with van der Waals surface area (Å²) >= 11 is 0. The maximum absolute atomic E-state index is 11.9. The normalized spacial score (nSPS) is 12.1. The molecule has 0 fully saturated rings. The Labute approximate surface area is 121 Å². The Bertz CT molecular complexity index is 652. The number of carbonyl (C=O) groups excluding carboxylic acids is 1. The molecule has 0 heterocycles. The maximum atomic E-state index is 11.9. The van der Waals surface area contributed by atoms with E-state index in [-0.39, 0.29) is 5.75 Å². The van der Waals surface area contributed by atoms with E-state index in [1.807, 2.05) is 49.4 Å². The Morgan fingerprint density at radius 1 is 1.15 bits per heavy atom. The number of hydrogen-bond acceptors (Lipinski definition) is 2. The molecule has 2 N–H and O–H groups in total. The zero-order valence-electron chi connectivity index (χ0n) is 11.3. The van der Waals surface area contributed by atoms with Crippen LogP contribution in [0.3, 0.4) is 0 Å². The van der Waals surface area contributed by atoms with Crippen molar-refractivity contribution in [2.75, 3.05) is 5.75 Å². The quantitative estimate of drug-likeness (QED) is 0.918. The van der Waals surface area contributed by atoms with E-state index in [0.717, 1.165) is 16.7 Å². The molecule has 0 saturated carbocycles. The molecular weight excluding hydrogens is 270 g/mol. The van der Waals surface area contributed by atoms with Crippen LogP contribution in [-0.2, 0) is 21.3 Å². The van der Waals surface area contributed by atoms with Crippen LogP contribution in [-0.4, -0.2) is 15.9 Å². The average molecular weight is 287 g/mol. The van der Waals surface area contributed by atoms with Crippen molar-refractivity contribution in [2.24, 2.45) is 5.73 Å².